The summed E-state index contributed by atoms with van der Waals surface area (Å²) in [5.74, 6) is 0. The Morgan fingerprint density at radius 3 is 1.47 bits per heavy atom. The lowest BCUT2D eigenvalue weighted by Crippen LogP contribution is -1.98. The molecular formula is C12H8N3O4. The average molecular weight is 258 g/mol. The summed E-state index contributed by atoms with van der Waals surface area (Å²) in [4.78, 5) is 20.5. The van der Waals surface area contributed by atoms with Crippen molar-refractivity contribution in [2.24, 2.45) is 0 Å². The van der Waals surface area contributed by atoms with E-state index in [9.17, 15) is 20.2 Å². The first-order valence-electron chi connectivity index (χ1n) is 5.28. The molecule has 0 fully saturated rings. The molecule has 0 aliphatic heterocycles. The number of rotatable bonds is 4. The lowest BCUT2D eigenvalue weighted by atomic mass is 10.2. The fraction of sp³-hybridized carbons (Fsp3) is 0. The highest BCUT2D eigenvalue weighted by molar-refractivity contribution is 5.66. The summed E-state index contributed by atoms with van der Waals surface area (Å²) in [6.07, 6.45) is 0. The number of nitro groups is 2. The Bertz CT molecular complexity index is 587. The molecule has 0 amide bonds. The van der Waals surface area contributed by atoms with Crippen LogP contribution in [0.2, 0.25) is 0 Å². The lowest BCUT2D eigenvalue weighted by molar-refractivity contribution is -0.385. The van der Waals surface area contributed by atoms with Crippen molar-refractivity contribution in [2.75, 3.05) is 0 Å². The molecule has 0 heterocycles. The first-order chi connectivity index (χ1) is 9.09. The van der Waals surface area contributed by atoms with Gasteiger partial charge in [-0.25, -0.2) is 5.32 Å². The molecular weight excluding hydrogens is 250 g/mol. The predicted octanol–water partition coefficient (Wildman–Crippen LogP) is 3.07. The molecule has 0 saturated heterocycles. The molecule has 95 valence electrons. The van der Waals surface area contributed by atoms with Gasteiger partial charge < -0.3 is 0 Å². The fourth-order valence-corrected chi connectivity index (χ4v) is 1.56. The van der Waals surface area contributed by atoms with E-state index in [0.717, 1.165) is 0 Å². The zero-order valence-electron chi connectivity index (χ0n) is 9.59. The lowest BCUT2D eigenvalue weighted by Gasteiger charge is -2.04. The van der Waals surface area contributed by atoms with Crippen molar-refractivity contribution in [3.8, 4) is 0 Å². The molecule has 1 radical (unpaired) electrons. The van der Waals surface area contributed by atoms with E-state index in [1.165, 1.54) is 36.4 Å². The van der Waals surface area contributed by atoms with Gasteiger partial charge in [0.1, 0.15) is 11.4 Å². The Balaban J connectivity index is 2.42. The van der Waals surface area contributed by atoms with Crippen molar-refractivity contribution in [1.82, 2.24) is 5.32 Å². The van der Waals surface area contributed by atoms with Gasteiger partial charge in [0.05, 0.1) is 9.85 Å². The van der Waals surface area contributed by atoms with Crippen LogP contribution in [0, 0.1) is 20.2 Å². The number of hydrogen-bond acceptors (Lipinski definition) is 4. The molecule has 2 aromatic rings. The maximum Gasteiger partial charge on any atom is 0.294 e. The summed E-state index contributed by atoms with van der Waals surface area (Å²) >= 11 is 0. The minimum atomic E-state index is -0.576. The first-order valence-corrected chi connectivity index (χ1v) is 5.28. The van der Waals surface area contributed by atoms with E-state index in [4.69, 9.17) is 0 Å². The molecule has 7 nitrogen and oxygen atoms in total. The monoisotopic (exact) mass is 258 g/mol. The Hall–Kier alpha value is -2.96. The van der Waals surface area contributed by atoms with E-state index in [-0.39, 0.29) is 22.7 Å². The normalized spacial score (nSPS) is 9.89. The van der Waals surface area contributed by atoms with Gasteiger partial charge in [-0.3, -0.25) is 20.2 Å². The smallest absolute Gasteiger partial charge is 0.258 e. The SMILES string of the molecule is O=[N+]([O-])c1ccccc1[N]c1ccccc1[N+](=O)[O-]. The molecule has 0 aliphatic rings. The summed E-state index contributed by atoms with van der Waals surface area (Å²) in [6, 6.07) is 11.7. The Morgan fingerprint density at radius 2 is 1.11 bits per heavy atom. The van der Waals surface area contributed by atoms with E-state index >= 15 is 0 Å². The second-order valence-corrected chi connectivity index (χ2v) is 3.60. The number of nitro benzene ring substituents is 2. The predicted molar refractivity (Wildman–Crippen MR) is 67.6 cm³/mol. The van der Waals surface area contributed by atoms with Crippen molar-refractivity contribution in [2.45, 2.75) is 0 Å². The summed E-state index contributed by atoms with van der Waals surface area (Å²) in [5.41, 5.74) is -0.218. The minimum absolute atomic E-state index is 0.0850. The van der Waals surface area contributed by atoms with E-state index in [0.29, 0.717) is 0 Å². The third-order valence-corrected chi connectivity index (χ3v) is 2.40. The molecule has 2 aromatic carbocycles. The van der Waals surface area contributed by atoms with E-state index in [1.807, 2.05) is 0 Å². The van der Waals surface area contributed by atoms with Crippen molar-refractivity contribution < 1.29 is 9.85 Å². The highest BCUT2D eigenvalue weighted by Crippen LogP contribution is 2.31. The highest BCUT2D eigenvalue weighted by atomic mass is 16.6. The summed E-state index contributed by atoms with van der Waals surface area (Å²) in [7, 11) is 0. The molecule has 0 bridgehead atoms. The van der Waals surface area contributed by atoms with Crippen molar-refractivity contribution in [3.63, 3.8) is 0 Å². The third kappa shape index (κ3) is 2.65. The van der Waals surface area contributed by atoms with Gasteiger partial charge >= 0.3 is 0 Å². The molecule has 0 atom stereocenters. The van der Waals surface area contributed by atoms with Gasteiger partial charge in [-0.2, -0.15) is 0 Å². The zero-order chi connectivity index (χ0) is 13.8. The standard InChI is InChI=1S/C12H8N3O4/c16-14(17)11-7-3-1-5-9(11)13-10-6-2-4-8-12(10)15(18)19/h1-8H. The van der Waals surface area contributed by atoms with Gasteiger partial charge in [-0.05, 0) is 12.1 Å². The van der Waals surface area contributed by atoms with E-state index in [1.54, 1.807) is 12.1 Å². The maximum absolute atomic E-state index is 10.8. The summed E-state index contributed by atoms with van der Waals surface area (Å²) in [5, 5.41) is 25.7. The third-order valence-electron chi connectivity index (χ3n) is 2.40. The van der Waals surface area contributed by atoms with Crippen LogP contribution in [0.1, 0.15) is 0 Å². The van der Waals surface area contributed by atoms with E-state index in [2.05, 4.69) is 5.32 Å². The Morgan fingerprint density at radius 1 is 0.737 bits per heavy atom. The minimum Gasteiger partial charge on any atom is -0.258 e. The van der Waals surface area contributed by atoms with E-state index < -0.39 is 9.85 Å². The number of para-hydroxylation sites is 4. The highest BCUT2D eigenvalue weighted by Gasteiger charge is 2.19. The Kier molecular flexibility index (Phi) is 3.37. The van der Waals surface area contributed by atoms with Crippen molar-refractivity contribution in [1.29, 1.82) is 0 Å². The molecule has 7 heteroatoms. The number of nitrogens with zero attached hydrogens (tertiary/aromatic N) is 3. The van der Waals surface area contributed by atoms with Crippen molar-refractivity contribution in [3.05, 3.63) is 68.8 Å². The zero-order valence-corrected chi connectivity index (χ0v) is 9.59. The summed E-state index contributed by atoms with van der Waals surface area (Å²) < 4.78 is 0. The molecule has 0 aromatic heterocycles. The largest absolute Gasteiger partial charge is 0.294 e. The molecule has 19 heavy (non-hydrogen) atoms. The quantitative estimate of drug-likeness (QED) is 0.621. The fourth-order valence-electron chi connectivity index (χ4n) is 1.56. The van der Waals surface area contributed by atoms with Crippen LogP contribution in [0.4, 0.5) is 22.7 Å². The van der Waals surface area contributed by atoms with Gasteiger partial charge in [0.2, 0.25) is 0 Å². The van der Waals surface area contributed by atoms with Gasteiger partial charge in [0.25, 0.3) is 11.4 Å². The molecule has 0 spiro atoms. The molecule has 2 rings (SSSR count). The maximum atomic E-state index is 10.8. The van der Waals surface area contributed by atoms with Gasteiger partial charge in [-0.1, -0.05) is 24.3 Å². The molecule has 0 aliphatic carbocycles. The second-order valence-electron chi connectivity index (χ2n) is 3.60. The van der Waals surface area contributed by atoms with Crippen LogP contribution in [0.15, 0.2) is 48.5 Å². The summed E-state index contributed by atoms with van der Waals surface area (Å²) in [6.45, 7) is 0. The van der Waals surface area contributed by atoms with Crippen LogP contribution >= 0.6 is 0 Å². The topological polar surface area (TPSA) is 100 Å². The number of hydrogen-bond donors (Lipinski definition) is 0. The molecule has 0 saturated carbocycles. The van der Waals surface area contributed by atoms with Crippen molar-refractivity contribution >= 4 is 22.7 Å². The average Bonchev–Trinajstić information content (AvgIpc) is 2.39. The molecule has 0 N–H and O–H groups in total. The van der Waals surface area contributed by atoms with Gasteiger partial charge in [0.15, 0.2) is 0 Å². The number of benzene rings is 2. The van der Waals surface area contributed by atoms with Crippen LogP contribution in [0.5, 0.6) is 0 Å². The van der Waals surface area contributed by atoms with Gasteiger partial charge in [0, 0.05) is 12.1 Å². The second kappa shape index (κ2) is 5.13. The van der Waals surface area contributed by atoms with Crippen LogP contribution < -0.4 is 5.32 Å². The van der Waals surface area contributed by atoms with Crippen LogP contribution in [0.3, 0.4) is 0 Å². The van der Waals surface area contributed by atoms with Gasteiger partial charge in [-0.15, -0.1) is 0 Å². The van der Waals surface area contributed by atoms with Crippen LogP contribution in [-0.4, -0.2) is 9.85 Å². The van der Waals surface area contributed by atoms with Crippen LogP contribution in [0.25, 0.3) is 0 Å². The van der Waals surface area contributed by atoms with Crippen LogP contribution in [-0.2, 0) is 0 Å². The Labute approximate surface area is 107 Å². The first kappa shape index (κ1) is 12.5. The molecule has 0 unspecified atom stereocenters.